The van der Waals surface area contributed by atoms with E-state index in [1.807, 2.05) is 20.8 Å². The molecular weight excluding hydrogens is 240 g/mol. The number of rotatable bonds is 3. The van der Waals surface area contributed by atoms with Crippen molar-refractivity contribution in [2.75, 3.05) is 7.11 Å². The highest BCUT2D eigenvalue weighted by molar-refractivity contribution is 7.85. The van der Waals surface area contributed by atoms with Gasteiger partial charge in [-0.3, -0.25) is 4.55 Å². The van der Waals surface area contributed by atoms with Crippen molar-refractivity contribution < 1.29 is 17.7 Å². The van der Waals surface area contributed by atoms with E-state index in [1.54, 1.807) is 6.07 Å². The Bertz CT molecular complexity index is 498. The maximum Gasteiger partial charge on any atom is 0.294 e. The first kappa shape index (κ1) is 14.0. The van der Waals surface area contributed by atoms with Crippen molar-refractivity contribution >= 4 is 10.1 Å². The fourth-order valence-corrected chi connectivity index (χ4v) is 2.16. The quantitative estimate of drug-likeness (QED) is 0.846. The molecule has 0 spiro atoms. The molecule has 5 heteroatoms. The van der Waals surface area contributed by atoms with Gasteiger partial charge >= 0.3 is 0 Å². The van der Waals surface area contributed by atoms with Crippen molar-refractivity contribution in [3.05, 3.63) is 23.8 Å². The lowest BCUT2D eigenvalue weighted by Gasteiger charge is -2.20. The summed E-state index contributed by atoms with van der Waals surface area (Å²) in [7, 11) is -2.63. The lowest BCUT2D eigenvalue weighted by molar-refractivity contribution is 0.378. The van der Waals surface area contributed by atoms with Gasteiger partial charge in [0.1, 0.15) is 5.75 Å². The topological polar surface area (TPSA) is 63.6 Å². The SMILES string of the molecule is COc1ccc(S(=O)(=O)O)cc1CC(C)(C)C. The number of hydrogen-bond acceptors (Lipinski definition) is 3. The Morgan fingerprint density at radius 3 is 2.29 bits per heavy atom. The molecule has 0 bridgehead atoms. The molecule has 0 amide bonds. The highest BCUT2D eigenvalue weighted by Gasteiger charge is 2.18. The summed E-state index contributed by atoms with van der Waals surface area (Å²) in [6, 6.07) is 4.35. The number of ether oxygens (including phenoxy) is 1. The average molecular weight is 258 g/mol. The zero-order valence-corrected chi connectivity index (χ0v) is 11.3. The van der Waals surface area contributed by atoms with Crippen molar-refractivity contribution in [1.29, 1.82) is 0 Å². The van der Waals surface area contributed by atoms with E-state index in [9.17, 15) is 8.42 Å². The third-order valence-electron chi connectivity index (χ3n) is 2.27. The molecule has 0 aliphatic heterocycles. The summed E-state index contributed by atoms with van der Waals surface area (Å²) >= 11 is 0. The largest absolute Gasteiger partial charge is 0.496 e. The van der Waals surface area contributed by atoms with Gasteiger partial charge in [0.2, 0.25) is 0 Å². The molecule has 0 unspecified atom stereocenters. The van der Waals surface area contributed by atoms with Gasteiger partial charge in [0, 0.05) is 0 Å². The molecule has 1 aromatic carbocycles. The molecule has 0 atom stereocenters. The van der Waals surface area contributed by atoms with Crippen molar-refractivity contribution in [2.45, 2.75) is 32.1 Å². The van der Waals surface area contributed by atoms with E-state index in [0.717, 1.165) is 5.56 Å². The van der Waals surface area contributed by atoms with Gasteiger partial charge in [0.05, 0.1) is 12.0 Å². The fourth-order valence-electron chi connectivity index (χ4n) is 1.62. The monoisotopic (exact) mass is 258 g/mol. The van der Waals surface area contributed by atoms with Crippen LogP contribution in [-0.4, -0.2) is 20.1 Å². The second-order valence-electron chi connectivity index (χ2n) is 5.19. The Labute approximate surface area is 102 Å². The van der Waals surface area contributed by atoms with Gasteiger partial charge in [-0.25, -0.2) is 0 Å². The Morgan fingerprint density at radius 2 is 1.88 bits per heavy atom. The van der Waals surface area contributed by atoms with Crippen molar-refractivity contribution in [3.8, 4) is 5.75 Å². The van der Waals surface area contributed by atoms with Gasteiger partial charge in [-0.05, 0) is 35.6 Å². The van der Waals surface area contributed by atoms with E-state index < -0.39 is 10.1 Å². The molecule has 0 fully saturated rings. The first-order valence-corrected chi connectivity index (χ1v) is 6.72. The van der Waals surface area contributed by atoms with Crippen LogP contribution < -0.4 is 4.74 Å². The highest BCUT2D eigenvalue weighted by Crippen LogP contribution is 2.29. The number of methoxy groups -OCH3 is 1. The Balaban J connectivity index is 3.25. The van der Waals surface area contributed by atoms with Crippen LogP contribution in [0.2, 0.25) is 0 Å². The molecule has 0 heterocycles. The molecule has 1 aromatic rings. The van der Waals surface area contributed by atoms with Gasteiger partial charge in [0.25, 0.3) is 10.1 Å². The molecule has 96 valence electrons. The van der Waals surface area contributed by atoms with Gasteiger partial charge < -0.3 is 4.74 Å². The van der Waals surface area contributed by atoms with Crippen LogP contribution in [0, 0.1) is 5.41 Å². The van der Waals surface area contributed by atoms with Crippen LogP contribution >= 0.6 is 0 Å². The second-order valence-corrected chi connectivity index (χ2v) is 6.61. The minimum atomic E-state index is -4.16. The Hall–Kier alpha value is -1.07. The third-order valence-corrected chi connectivity index (χ3v) is 3.12. The molecular formula is C12H18O4S. The Morgan fingerprint density at radius 1 is 1.29 bits per heavy atom. The minimum Gasteiger partial charge on any atom is -0.496 e. The lowest BCUT2D eigenvalue weighted by Crippen LogP contribution is -2.11. The van der Waals surface area contributed by atoms with Gasteiger partial charge in [-0.2, -0.15) is 8.42 Å². The first-order valence-electron chi connectivity index (χ1n) is 5.28. The molecule has 4 nitrogen and oxygen atoms in total. The molecule has 0 aliphatic carbocycles. The molecule has 0 radical (unpaired) electrons. The van der Waals surface area contributed by atoms with Crippen LogP contribution in [0.5, 0.6) is 5.75 Å². The normalized spacial score (nSPS) is 12.5. The predicted molar refractivity (Wildman–Crippen MR) is 66.0 cm³/mol. The van der Waals surface area contributed by atoms with Gasteiger partial charge in [0.15, 0.2) is 0 Å². The zero-order chi connectivity index (χ0) is 13.3. The summed E-state index contributed by atoms with van der Waals surface area (Å²) in [6.45, 7) is 6.14. The van der Waals surface area contributed by atoms with Crippen molar-refractivity contribution in [3.63, 3.8) is 0 Å². The first-order chi connectivity index (χ1) is 7.63. The standard InChI is InChI=1S/C12H18O4S/c1-12(2,3)8-9-7-10(17(13,14)15)5-6-11(9)16-4/h5-7H,8H2,1-4H3,(H,13,14,15). The van der Waals surface area contributed by atoms with Crippen molar-refractivity contribution in [2.24, 2.45) is 5.41 Å². The van der Waals surface area contributed by atoms with Gasteiger partial charge in [-0.15, -0.1) is 0 Å². The van der Waals surface area contributed by atoms with Gasteiger partial charge in [-0.1, -0.05) is 20.8 Å². The van der Waals surface area contributed by atoms with Crippen LogP contribution in [0.1, 0.15) is 26.3 Å². The van der Waals surface area contributed by atoms with Crippen LogP contribution in [0.3, 0.4) is 0 Å². The average Bonchev–Trinajstić information content (AvgIpc) is 2.13. The smallest absolute Gasteiger partial charge is 0.294 e. The highest BCUT2D eigenvalue weighted by atomic mass is 32.2. The molecule has 0 aromatic heterocycles. The molecule has 17 heavy (non-hydrogen) atoms. The van der Waals surface area contributed by atoms with Crippen molar-refractivity contribution in [1.82, 2.24) is 0 Å². The summed E-state index contributed by atoms with van der Waals surface area (Å²) in [5.74, 6) is 0.632. The fraction of sp³-hybridized carbons (Fsp3) is 0.500. The molecule has 0 aliphatic rings. The maximum absolute atomic E-state index is 11.1. The van der Waals surface area contributed by atoms with Crippen LogP contribution in [0.25, 0.3) is 0 Å². The third kappa shape index (κ3) is 4.02. The van der Waals surface area contributed by atoms with E-state index in [2.05, 4.69) is 0 Å². The molecule has 0 saturated carbocycles. The number of benzene rings is 1. The van der Waals surface area contributed by atoms with Crippen LogP contribution in [-0.2, 0) is 16.5 Å². The van der Waals surface area contributed by atoms with E-state index in [-0.39, 0.29) is 10.3 Å². The number of hydrogen-bond donors (Lipinski definition) is 1. The minimum absolute atomic E-state index is 0.00508. The summed E-state index contributed by atoms with van der Waals surface area (Å²) in [6.07, 6.45) is 0.666. The molecule has 0 saturated heterocycles. The lowest BCUT2D eigenvalue weighted by atomic mass is 9.88. The van der Waals surface area contributed by atoms with E-state index in [0.29, 0.717) is 12.2 Å². The second kappa shape index (κ2) is 4.66. The molecule has 1 rings (SSSR count). The molecule has 1 N–H and O–H groups in total. The summed E-state index contributed by atoms with van der Waals surface area (Å²) < 4.78 is 36.3. The summed E-state index contributed by atoms with van der Waals surface area (Å²) in [5.41, 5.74) is 0.778. The summed E-state index contributed by atoms with van der Waals surface area (Å²) in [5, 5.41) is 0. The Kier molecular flexibility index (Phi) is 3.84. The van der Waals surface area contributed by atoms with E-state index in [1.165, 1.54) is 19.2 Å². The van der Waals surface area contributed by atoms with E-state index in [4.69, 9.17) is 9.29 Å². The summed E-state index contributed by atoms with van der Waals surface area (Å²) in [4.78, 5) is -0.0995. The van der Waals surface area contributed by atoms with E-state index >= 15 is 0 Å². The zero-order valence-electron chi connectivity index (χ0n) is 10.5. The maximum atomic E-state index is 11.1. The van der Waals surface area contributed by atoms with Crippen LogP contribution in [0.15, 0.2) is 23.1 Å². The predicted octanol–water partition coefficient (Wildman–Crippen LogP) is 2.53. The van der Waals surface area contributed by atoms with Crippen LogP contribution in [0.4, 0.5) is 0 Å².